The molecule has 1 aromatic carbocycles. The zero-order valence-corrected chi connectivity index (χ0v) is 11.8. The summed E-state index contributed by atoms with van der Waals surface area (Å²) in [6, 6.07) is 4.37. The highest BCUT2D eigenvalue weighted by Crippen LogP contribution is 2.27. The van der Waals surface area contributed by atoms with Crippen molar-refractivity contribution >= 4 is 11.8 Å². The molecular weight excluding hydrogens is 222 g/mol. The Morgan fingerprint density at radius 2 is 1.78 bits per heavy atom. The lowest BCUT2D eigenvalue weighted by molar-refractivity contribution is 0.565. The van der Waals surface area contributed by atoms with Gasteiger partial charge in [-0.15, -0.1) is 0 Å². The minimum atomic E-state index is 0.832. The summed E-state index contributed by atoms with van der Waals surface area (Å²) >= 11 is 0. The molecule has 0 N–H and O–H groups in total. The minimum absolute atomic E-state index is 0.832. The lowest BCUT2D eigenvalue weighted by Gasteiger charge is -2.11. The van der Waals surface area contributed by atoms with Crippen molar-refractivity contribution in [2.45, 2.75) is 59.3 Å². The van der Waals surface area contributed by atoms with E-state index in [1.54, 1.807) is 6.08 Å². The Kier molecular flexibility index (Phi) is 6.38. The third kappa shape index (κ3) is 4.12. The number of carbonyl (C=O) groups excluding carboxylic acids is 1. The molecule has 0 aliphatic carbocycles. The number of unbranched alkanes of at least 4 members (excludes halogenated alkanes) is 2. The molecule has 0 aliphatic heterocycles. The van der Waals surface area contributed by atoms with Gasteiger partial charge in [-0.2, -0.15) is 4.99 Å². The van der Waals surface area contributed by atoms with Crippen LogP contribution in [0.5, 0.6) is 0 Å². The molecule has 98 valence electrons. The Labute approximate surface area is 110 Å². The van der Waals surface area contributed by atoms with Crippen LogP contribution in [0.3, 0.4) is 0 Å². The third-order valence-electron chi connectivity index (χ3n) is 3.22. The van der Waals surface area contributed by atoms with Gasteiger partial charge in [0, 0.05) is 0 Å². The van der Waals surface area contributed by atoms with E-state index in [-0.39, 0.29) is 0 Å². The van der Waals surface area contributed by atoms with Gasteiger partial charge in [0.2, 0.25) is 6.08 Å². The molecule has 2 nitrogen and oxygen atoms in total. The van der Waals surface area contributed by atoms with Gasteiger partial charge < -0.3 is 0 Å². The SMILES string of the molecule is CCCCc1cc(C)c(N=C=O)c(CCCC)c1. The molecule has 1 aromatic rings. The third-order valence-corrected chi connectivity index (χ3v) is 3.22. The lowest BCUT2D eigenvalue weighted by atomic mass is 9.97. The Bertz CT molecular complexity index is 431. The van der Waals surface area contributed by atoms with Crippen LogP contribution in [0.25, 0.3) is 0 Å². The maximum Gasteiger partial charge on any atom is 0.240 e. The first-order valence-corrected chi connectivity index (χ1v) is 6.93. The van der Waals surface area contributed by atoms with Gasteiger partial charge in [0.05, 0.1) is 5.69 Å². The van der Waals surface area contributed by atoms with Crippen molar-refractivity contribution in [3.8, 4) is 0 Å². The number of rotatable bonds is 7. The number of isocyanates is 1. The highest BCUT2D eigenvalue weighted by atomic mass is 16.1. The fourth-order valence-electron chi connectivity index (χ4n) is 2.22. The summed E-state index contributed by atoms with van der Waals surface area (Å²) in [5.41, 5.74) is 4.49. The first kappa shape index (κ1) is 14.7. The first-order valence-electron chi connectivity index (χ1n) is 6.93. The minimum Gasteiger partial charge on any atom is -0.211 e. The van der Waals surface area contributed by atoms with E-state index in [9.17, 15) is 4.79 Å². The van der Waals surface area contributed by atoms with Crippen molar-refractivity contribution in [2.75, 3.05) is 0 Å². The van der Waals surface area contributed by atoms with Gasteiger partial charge in [-0.1, -0.05) is 38.8 Å². The molecule has 1 rings (SSSR count). The molecule has 0 aromatic heterocycles. The van der Waals surface area contributed by atoms with Gasteiger partial charge in [0.25, 0.3) is 0 Å². The van der Waals surface area contributed by atoms with E-state index < -0.39 is 0 Å². The number of benzene rings is 1. The van der Waals surface area contributed by atoms with E-state index in [1.165, 1.54) is 24.0 Å². The molecule has 2 heteroatoms. The summed E-state index contributed by atoms with van der Waals surface area (Å²) < 4.78 is 0. The lowest BCUT2D eigenvalue weighted by Crippen LogP contribution is -1.94. The summed E-state index contributed by atoms with van der Waals surface area (Å²) in [4.78, 5) is 14.4. The molecule has 0 spiro atoms. The second-order valence-electron chi connectivity index (χ2n) is 4.83. The maximum atomic E-state index is 10.5. The largest absolute Gasteiger partial charge is 0.240 e. The summed E-state index contributed by atoms with van der Waals surface area (Å²) in [7, 11) is 0. The van der Waals surface area contributed by atoms with Crippen molar-refractivity contribution in [2.24, 2.45) is 4.99 Å². The quantitative estimate of drug-likeness (QED) is 0.508. The van der Waals surface area contributed by atoms with Crippen LogP contribution in [0, 0.1) is 6.92 Å². The van der Waals surface area contributed by atoms with Gasteiger partial charge in [-0.3, -0.25) is 0 Å². The Morgan fingerprint density at radius 1 is 1.11 bits per heavy atom. The molecule has 0 amide bonds. The average Bonchev–Trinajstić information content (AvgIpc) is 2.37. The highest BCUT2D eigenvalue weighted by molar-refractivity contribution is 5.59. The Balaban J connectivity index is 3.06. The van der Waals surface area contributed by atoms with Crippen molar-refractivity contribution in [1.82, 2.24) is 0 Å². The molecule has 0 atom stereocenters. The number of aryl methyl sites for hydroxylation is 3. The average molecular weight is 245 g/mol. The molecule has 0 radical (unpaired) electrons. The summed E-state index contributed by atoms with van der Waals surface area (Å²) in [6.07, 6.45) is 8.50. The van der Waals surface area contributed by atoms with Crippen molar-refractivity contribution in [3.63, 3.8) is 0 Å². The molecule has 0 bridgehead atoms. The van der Waals surface area contributed by atoms with Gasteiger partial charge in [-0.25, -0.2) is 4.79 Å². The predicted octanol–water partition coefficient (Wildman–Crippen LogP) is 4.65. The van der Waals surface area contributed by atoms with Crippen LogP contribution in [0.15, 0.2) is 17.1 Å². The zero-order chi connectivity index (χ0) is 13.4. The van der Waals surface area contributed by atoms with Crippen LogP contribution in [0.4, 0.5) is 5.69 Å². The predicted molar refractivity (Wildman–Crippen MR) is 76.2 cm³/mol. The Hall–Kier alpha value is -1.40. The van der Waals surface area contributed by atoms with E-state index in [2.05, 4.69) is 31.0 Å². The van der Waals surface area contributed by atoms with Crippen molar-refractivity contribution in [1.29, 1.82) is 0 Å². The molecule has 0 fully saturated rings. The van der Waals surface area contributed by atoms with Crippen LogP contribution < -0.4 is 0 Å². The molecule has 0 heterocycles. The molecule has 0 saturated carbocycles. The van der Waals surface area contributed by atoms with Gasteiger partial charge >= 0.3 is 0 Å². The Morgan fingerprint density at radius 3 is 2.39 bits per heavy atom. The molecule has 0 saturated heterocycles. The van der Waals surface area contributed by atoms with Crippen LogP contribution in [0.1, 0.15) is 56.2 Å². The standard InChI is InChI=1S/C16H23NO/c1-4-6-8-14-10-13(3)16(17-12-18)15(11-14)9-7-5-2/h10-11H,4-9H2,1-3H3. The van der Waals surface area contributed by atoms with Gasteiger partial charge in [0.15, 0.2) is 0 Å². The molecule has 18 heavy (non-hydrogen) atoms. The van der Waals surface area contributed by atoms with E-state index in [4.69, 9.17) is 0 Å². The van der Waals surface area contributed by atoms with E-state index >= 15 is 0 Å². The highest BCUT2D eigenvalue weighted by Gasteiger charge is 2.07. The van der Waals surface area contributed by atoms with Crippen LogP contribution in [-0.4, -0.2) is 6.08 Å². The van der Waals surface area contributed by atoms with Crippen molar-refractivity contribution < 1.29 is 4.79 Å². The van der Waals surface area contributed by atoms with E-state index in [0.717, 1.165) is 36.9 Å². The van der Waals surface area contributed by atoms with Gasteiger partial charge in [-0.05, 0) is 49.3 Å². The zero-order valence-electron chi connectivity index (χ0n) is 11.8. The summed E-state index contributed by atoms with van der Waals surface area (Å²) in [5.74, 6) is 0. The normalized spacial score (nSPS) is 10.2. The van der Waals surface area contributed by atoms with E-state index in [1.807, 2.05) is 6.92 Å². The maximum absolute atomic E-state index is 10.5. The summed E-state index contributed by atoms with van der Waals surface area (Å²) in [5, 5.41) is 0. The van der Waals surface area contributed by atoms with E-state index in [0.29, 0.717) is 0 Å². The topological polar surface area (TPSA) is 29.4 Å². The monoisotopic (exact) mass is 245 g/mol. The smallest absolute Gasteiger partial charge is 0.211 e. The van der Waals surface area contributed by atoms with Crippen LogP contribution >= 0.6 is 0 Å². The van der Waals surface area contributed by atoms with Gasteiger partial charge in [0.1, 0.15) is 0 Å². The fraction of sp³-hybridized carbons (Fsp3) is 0.562. The fourth-order valence-corrected chi connectivity index (χ4v) is 2.22. The second-order valence-corrected chi connectivity index (χ2v) is 4.83. The number of hydrogen-bond acceptors (Lipinski definition) is 2. The number of aliphatic imine (C=N–C) groups is 1. The summed E-state index contributed by atoms with van der Waals surface area (Å²) in [6.45, 7) is 6.41. The molecular formula is C16H23NO. The molecule has 0 unspecified atom stereocenters. The van der Waals surface area contributed by atoms with Crippen LogP contribution in [0.2, 0.25) is 0 Å². The molecule has 0 aliphatic rings. The second kappa shape index (κ2) is 7.84. The number of nitrogens with zero attached hydrogens (tertiary/aromatic N) is 1. The first-order chi connectivity index (χ1) is 8.72. The van der Waals surface area contributed by atoms with Crippen molar-refractivity contribution in [3.05, 3.63) is 28.8 Å². The number of hydrogen-bond donors (Lipinski definition) is 0. The van der Waals surface area contributed by atoms with Crippen LogP contribution in [-0.2, 0) is 17.6 Å².